The second-order valence-corrected chi connectivity index (χ2v) is 19.6. The van der Waals surface area contributed by atoms with Crippen LogP contribution in [-0.4, -0.2) is 189 Å². The summed E-state index contributed by atoms with van der Waals surface area (Å²) in [5.41, 5.74) is 0. The minimum absolute atomic E-state index is 0.0206. The number of aliphatic carboxylic acids is 4. The molecule has 0 rings (SSSR count). The van der Waals surface area contributed by atoms with Gasteiger partial charge in [0.05, 0.1) is 44.3 Å². The summed E-state index contributed by atoms with van der Waals surface area (Å²) in [6.07, 6.45) is 15.1. The second kappa shape index (κ2) is 57.4. The summed E-state index contributed by atoms with van der Waals surface area (Å²) < 4.78 is 20.6. The van der Waals surface area contributed by atoms with Gasteiger partial charge in [0, 0.05) is 77.8 Å². The van der Waals surface area contributed by atoms with Gasteiger partial charge in [-0.2, -0.15) is 0 Å². The number of aliphatic hydroxyl groups excluding tert-OH is 1. The fraction of sp³-hybridized carbons (Fsp3) is 0.807. The van der Waals surface area contributed by atoms with Gasteiger partial charge in [-0.05, 0) is 72.3 Å². The lowest BCUT2D eigenvalue weighted by molar-refractivity contribution is -0.145. The number of carboxylic acid groups (broad SMARTS) is 4. The van der Waals surface area contributed by atoms with Gasteiger partial charge in [-0.1, -0.05) is 78.1 Å². The molecule has 0 aliphatic carbocycles. The number of hydrogen-bond acceptors (Lipinski definition) is 17. The highest BCUT2D eigenvalue weighted by Crippen LogP contribution is 2.17. The number of Topliss-reactive ketones (excluding diaryl/α,β-unsaturated/α-hetero) is 3. The molecule has 25 heteroatoms. The number of carbonyl (C=O) groups is 11. The highest BCUT2D eigenvalue weighted by Gasteiger charge is 2.26. The van der Waals surface area contributed by atoms with Crippen LogP contribution in [0.15, 0.2) is 0 Å². The van der Waals surface area contributed by atoms with Crippen molar-refractivity contribution in [2.24, 2.45) is 11.8 Å². The predicted molar refractivity (Wildman–Crippen MR) is 305 cm³/mol. The summed E-state index contributed by atoms with van der Waals surface area (Å²) in [5, 5.41) is 58.2. The van der Waals surface area contributed by atoms with Gasteiger partial charge in [-0.25, -0.2) is 4.79 Å². The molecule has 0 aromatic heterocycles. The number of amides is 4. The van der Waals surface area contributed by atoms with Crippen molar-refractivity contribution in [1.29, 1.82) is 0 Å². The van der Waals surface area contributed by atoms with Crippen LogP contribution in [0.5, 0.6) is 0 Å². The average molecular weight is 1180 g/mol. The zero-order valence-corrected chi connectivity index (χ0v) is 49.8. The summed E-state index contributed by atoms with van der Waals surface area (Å²) >= 11 is 0. The lowest BCUT2D eigenvalue weighted by atomic mass is 9.94. The smallest absolute Gasteiger partial charge is 0.326 e. The van der Waals surface area contributed by atoms with E-state index in [1.165, 1.54) is 38.5 Å². The number of hydrogen-bond donors (Lipinski definition) is 10. The third-order valence-corrected chi connectivity index (χ3v) is 12.5. The highest BCUT2D eigenvalue weighted by molar-refractivity contribution is 5.87. The van der Waals surface area contributed by atoms with E-state index >= 15 is 0 Å². The number of ketones is 3. The van der Waals surface area contributed by atoms with Crippen molar-refractivity contribution < 1.29 is 97.2 Å². The SMILES string of the molecule is CCCCCC(=O)O.CCCCCCCCCCCC(=O)C[C@@H](CCC(=O)NCCOCCOCC(=O)NCCOCC)C(=O)O.CCOCC(=O)N[C@@H](CCC(=O)C[C@@H](CCC(=O)NCCCC[C@H](NC)C(=O)CO)C(=O)O)C(=O)O. The lowest BCUT2D eigenvalue weighted by Crippen LogP contribution is -2.42. The van der Waals surface area contributed by atoms with Crippen LogP contribution in [0, 0.1) is 11.8 Å². The summed E-state index contributed by atoms with van der Waals surface area (Å²) in [6, 6.07) is -1.75. The van der Waals surface area contributed by atoms with E-state index in [1.807, 2.05) is 6.92 Å². The number of rotatable bonds is 54. The molecule has 25 nitrogen and oxygen atoms in total. The largest absolute Gasteiger partial charge is 0.481 e. The number of carbonyl (C=O) groups excluding carboxylic acids is 7. The van der Waals surface area contributed by atoms with E-state index in [9.17, 15) is 68.1 Å². The molecule has 82 heavy (non-hydrogen) atoms. The number of likely N-dealkylation sites (N-methyl/N-ethyl adjacent to an activating group) is 1. The van der Waals surface area contributed by atoms with E-state index in [-0.39, 0.29) is 127 Å². The molecule has 0 aromatic carbocycles. The fourth-order valence-corrected chi connectivity index (χ4v) is 7.70. The van der Waals surface area contributed by atoms with Crippen LogP contribution in [0.25, 0.3) is 0 Å². The highest BCUT2D eigenvalue weighted by atomic mass is 16.5. The molecular weight excluding hydrogens is 1070 g/mol. The standard InChI is InChI=1S/C28H52N2O8.C23H39N3O10.C6H12O2/c1-3-5-6-7-8-9-10-11-12-13-25(31)22-24(28(34)35)14-15-26(32)29-17-19-37-20-21-38-23-27(33)30-16-18-36-4-2;1-3-36-14-21(31)26-18(23(34)35)9-8-16(28)12-15(22(32)33)7-10-20(30)25-11-5-4-6-17(24-2)19(29)13-27;1-2-3-4-5-6(7)8/h24H,3-23H2,1-2H3,(H,29,32)(H,30,33)(H,34,35);15,17-18,24,27H,3-14H2,1-2H3,(H,25,30)(H,26,31)(H,32,33)(H,34,35);2-5H2,1H3,(H,7,8)/t24-;15-,17+,18+;/m11./s1. The Morgan fingerprint density at radius 3 is 1.40 bits per heavy atom. The molecule has 0 aromatic rings. The second-order valence-electron chi connectivity index (χ2n) is 19.6. The quantitative estimate of drug-likeness (QED) is 0.0373. The molecule has 0 saturated carbocycles. The maximum atomic E-state index is 12.2. The fourth-order valence-electron chi connectivity index (χ4n) is 7.70. The van der Waals surface area contributed by atoms with Crippen molar-refractivity contribution in [1.82, 2.24) is 26.6 Å². The maximum absolute atomic E-state index is 12.2. The van der Waals surface area contributed by atoms with Crippen molar-refractivity contribution in [3.05, 3.63) is 0 Å². The Balaban J connectivity index is -0.00000134. The Bertz CT molecular complexity index is 1770. The van der Waals surface area contributed by atoms with Gasteiger partial charge in [0.2, 0.25) is 23.6 Å². The molecule has 0 radical (unpaired) electrons. The zero-order chi connectivity index (χ0) is 62.2. The third-order valence-electron chi connectivity index (χ3n) is 12.5. The molecule has 0 aliphatic rings. The van der Waals surface area contributed by atoms with Gasteiger partial charge >= 0.3 is 23.9 Å². The molecule has 0 unspecified atom stereocenters. The number of ether oxygens (including phenoxy) is 4. The van der Waals surface area contributed by atoms with Crippen LogP contribution in [0.2, 0.25) is 0 Å². The van der Waals surface area contributed by atoms with Crippen molar-refractivity contribution in [2.45, 2.75) is 200 Å². The number of aliphatic hydroxyl groups is 1. The summed E-state index contributed by atoms with van der Waals surface area (Å²) in [6.45, 7) is 10.1. The third kappa shape index (κ3) is 53.8. The van der Waals surface area contributed by atoms with E-state index in [2.05, 4.69) is 40.4 Å². The Labute approximate surface area is 485 Å². The van der Waals surface area contributed by atoms with Crippen molar-refractivity contribution in [3.63, 3.8) is 0 Å². The first-order chi connectivity index (χ1) is 39.2. The molecular formula is C57H103N5O20. The van der Waals surface area contributed by atoms with E-state index in [0.717, 1.165) is 38.5 Å². The Hall–Kier alpha value is -5.47. The molecule has 0 spiro atoms. The molecule has 0 heterocycles. The van der Waals surface area contributed by atoms with E-state index in [1.54, 1.807) is 14.0 Å². The Morgan fingerprint density at radius 1 is 0.415 bits per heavy atom. The molecule has 10 N–H and O–H groups in total. The lowest BCUT2D eigenvalue weighted by Gasteiger charge is -2.15. The van der Waals surface area contributed by atoms with Gasteiger partial charge in [-0.15, -0.1) is 0 Å². The first kappa shape index (κ1) is 80.7. The number of carboxylic acids is 4. The molecule has 4 atom stereocenters. The predicted octanol–water partition coefficient (Wildman–Crippen LogP) is 4.55. The van der Waals surface area contributed by atoms with Crippen LogP contribution in [0.3, 0.4) is 0 Å². The summed E-state index contributed by atoms with van der Waals surface area (Å²) in [4.78, 5) is 127. The van der Waals surface area contributed by atoms with Crippen LogP contribution < -0.4 is 26.6 Å². The Kier molecular flexibility index (Phi) is 56.5. The van der Waals surface area contributed by atoms with Gasteiger partial charge in [-0.3, -0.25) is 47.9 Å². The number of nitrogens with one attached hydrogen (secondary N) is 5. The molecule has 476 valence electrons. The van der Waals surface area contributed by atoms with Crippen LogP contribution in [0.1, 0.15) is 188 Å². The van der Waals surface area contributed by atoms with Crippen LogP contribution >= 0.6 is 0 Å². The van der Waals surface area contributed by atoms with E-state index in [0.29, 0.717) is 58.4 Å². The molecule has 0 bridgehead atoms. The molecule has 4 amide bonds. The molecule has 0 fully saturated rings. The van der Waals surface area contributed by atoms with Crippen molar-refractivity contribution in [3.8, 4) is 0 Å². The molecule has 0 aliphatic heterocycles. The molecule has 0 saturated heterocycles. The first-order valence-electron chi connectivity index (χ1n) is 29.4. The normalized spacial score (nSPS) is 12.2. The maximum Gasteiger partial charge on any atom is 0.326 e. The van der Waals surface area contributed by atoms with Crippen LogP contribution in [-0.2, 0) is 71.7 Å². The topological polar surface area (TPSA) is 386 Å². The minimum atomic E-state index is -1.32. The Morgan fingerprint density at radius 2 is 0.890 bits per heavy atom. The van der Waals surface area contributed by atoms with Crippen molar-refractivity contribution in [2.75, 3.05) is 86.1 Å². The van der Waals surface area contributed by atoms with Crippen LogP contribution in [0.4, 0.5) is 0 Å². The van der Waals surface area contributed by atoms with Gasteiger partial charge in [0.25, 0.3) is 0 Å². The van der Waals surface area contributed by atoms with Gasteiger partial charge in [0.15, 0.2) is 5.78 Å². The average Bonchev–Trinajstić information content (AvgIpc) is 3.43. The van der Waals surface area contributed by atoms with E-state index in [4.69, 9.17) is 29.2 Å². The summed E-state index contributed by atoms with van der Waals surface area (Å²) in [7, 11) is 1.62. The summed E-state index contributed by atoms with van der Waals surface area (Å²) in [5.74, 6) is -8.53. The van der Waals surface area contributed by atoms with E-state index < -0.39 is 66.1 Å². The first-order valence-corrected chi connectivity index (χ1v) is 29.4. The monoisotopic (exact) mass is 1180 g/mol. The minimum Gasteiger partial charge on any atom is -0.481 e. The van der Waals surface area contributed by atoms with Gasteiger partial charge < -0.3 is 71.1 Å². The van der Waals surface area contributed by atoms with Crippen molar-refractivity contribution >= 4 is 64.9 Å². The van der Waals surface area contributed by atoms with Gasteiger partial charge in [0.1, 0.15) is 37.4 Å². The zero-order valence-electron chi connectivity index (χ0n) is 49.8. The number of unbranched alkanes of at least 4 members (excludes halogenated alkanes) is 11.